The normalized spacial score (nSPS) is 18.2. The van der Waals surface area contributed by atoms with Gasteiger partial charge in [-0.15, -0.1) is 0 Å². The van der Waals surface area contributed by atoms with E-state index in [0.717, 1.165) is 25.7 Å². The van der Waals surface area contributed by atoms with Crippen molar-refractivity contribution in [1.82, 2.24) is 0 Å². The van der Waals surface area contributed by atoms with Gasteiger partial charge in [-0.2, -0.15) is 0 Å². The quantitative estimate of drug-likeness (QED) is 0.0650. The molecule has 4 atom stereocenters. The molecule has 2 aliphatic rings. The Hall–Kier alpha value is -1.96. The first kappa shape index (κ1) is 43.6. The van der Waals surface area contributed by atoms with Crippen molar-refractivity contribution in [2.45, 2.75) is 151 Å². The van der Waals surface area contributed by atoms with Crippen molar-refractivity contribution in [3.63, 3.8) is 0 Å². The predicted molar refractivity (Wildman–Crippen MR) is 251 cm³/mol. The summed E-state index contributed by atoms with van der Waals surface area (Å²) in [5, 5.41) is 0. The van der Waals surface area contributed by atoms with Crippen LogP contribution in [0.1, 0.15) is 171 Å². The molecule has 0 spiro atoms. The van der Waals surface area contributed by atoms with Crippen molar-refractivity contribution in [2.75, 3.05) is 0 Å². The van der Waals surface area contributed by atoms with Crippen LogP contribution in [-0.2, 0) is 15.6 Å². The summed E-state index contributed by atoms with van der Waals surface area (Å²) in [4.78, 5) is 0. The Balaban J connectivity index is 1.52. The number of hydrogen-bond acceptors (Lipinski definition) is 0. The van der Waals surface area contributed by atoms with Gasteiger partial charge in [0.1, 0.15) is 0 Å². The molecule has 0 saturated carbocycles. The topological polar surface area (TPSA) is 0 Å². The molecule has 0 fully saturated rings. The Labute approximate surface area is 350 Å². The molecule has 0 aromatic heterocycles. The van der Waals surface area contributed by atoms with Crippen molar-refractivity contribution in [3.05, 3.63) is 129 Å². The van der Waals surface area contributed by atoms with Crippen LogP contribution in [0.4, 0.5) is 0 Å². The van der Waals surface area contributed by atoms with Crippen LogP contribution >= 0.6 is 17.0 Å². The van der Waals surface area contributed by atoms with Gasteiger partial charge >= 0.3 is 353 Å². The first-order chi connectivity index (χ1) is 27.0. The summed E-state index contributed by atoms with van der Waals surface area (Å²) >= 11 is -4.93. The third kappa shape index (κ3) is 8.53. The zero-order valence-electron chi connectivity index (χ0n) is 35.9. The van der Waals surface area contributed by atoms with Crippen LogP contribution < -0.4 is 0 Å². The Morgan fingerprint density at radius 1 is 0.536 bits per heavy atom. The van der Waals surface area contributed by atoms with Gasteiger partial charge in [-0.25, -0.2) is 0 Å². The molecule has 4 unspecified atom stereocenters. The fourth-order valence-corrected chi connectivity index (χ4v) is 41.5. The van der Waals surface area contributed by atoms with E-state index in [1.54, 1.807) is 0 Å². The summed E-state index contributed by atoms with van der Waals surface area (Å²) < 4.78 is 0.242. The molecule has 4 aromatic rings. The van der Waals surface area contributed by atoms with Gasteiger partial charge in [0.05, 0.1) is 0 Å². The average molecular weight is 884 g/mol. The SMILES string of the molecule is CCCCCCC1=Cc2c(-c3ccc(C(C)CC)cc3)cccc2[CH]1[Zr]([Cl])([Cl])([CH]1C(CCCCCC)=Cc2c(-c3ccc(C(C)CC)cc3)cccc21)[SiH](C)C. The molecular weight excluding hydrogens is 815 g/mol. The van der Waals surface area contributed by atoms with Crippen molar-refractivity contribution in [2.24, 2.45) is 0 Å². The van der Waals surface area contributed by atoms with E-state index in [0.29, 0.717) is 11.8 Å². The van der Waals surface area contributed by atoms with Crippen molar-refractivity contribution in [3.8, 4) is 22.3 Å². The van der Waals surface area contributed by atoms with Gasteiger partial charge in [0, 0.05) is 0 Å². The Kier molecular flexibility index (Phi) is 14.8. The molecule has 0 bridgehead atoms. The monoisotopic (exact) mass is 881 g/mol. The van der Waals surface area contributed by atoms with Crippen molar-refractivity contribution >= 4 is 35.1 Å². The number of fused-ring (bicyclic) bond motifs is 2. The summed E-state index contributed by atoms with van der Waals surface area (Å²) in [6.45, 7) is 18.9. The van der Waals surface area contributed by atoms with Crippen LogP contribution in [0.3, 0.4) is 0 Å². The third-order valence-corrected chi connectivity index (χ3v) is 65.8. The zero-order valence-corrected chi connectivity index (χ0v) is 41.0. The summed E-state index contributed by atoms with van der Waals surface area (Å²) in [7, 11) is 17.9. The summed E-state index contributed by atoms with van der Waals surface area (Å²) in [6, 6.07) is 32.9. The third-order valence-electron chi connectivity index (χ3n) is 14.0. The molecule has 6 rings (SSSR count). The fourth-order valence-electron chi connectivity index (χ4n) is 9.97. The van der Waals surface area contributed by atoms with Crippen molar-refractivity contribution in [1.29, 1.82) is 0 Å². The van der Waals surface area contributed by atoms with Crippen LogP contribution in [-0.4, -0.2) is 5.92 Å². The number of allylic oxidation sites excluding steroid dienone is 2. The number of halogens is 2. The molecule has 0 nitrogen and oxygen atoms in total. The second-order valence-corrected chi connectivity index (χ2v) is 60.3. The molecule has 0 aliphatic heterocycles. The molecule has 0 N–H and O–H groups in total. The van der Waals surface area contributed by atoms with E-state index in [1.807, 2.05) is 0 Å². The first-order valence-corrected chi connectivity index (χ1v) is 38.7. The maximum absolute atomic E-state index is 8.96. The summed E-state index contributed by atoms with van der Waals surface area (Å²) in [5.74, 6) is -0.553. The Morgan fingerprint density at radius 3 is 1.27 bits per heavy atom. The van der Waals surface area contributed by atoms with Gasteiger partial charge in [-0.1, -0.05) is 0 Å². The van der Waals surface area contributed by atoms with E-state index in [9.17, 15) is 0 Å². The Bertz CT molecular complexity index is 1860. The molecule has 299 valence electrons. The maximum atomic E-state index is 8.96. The van der Waals surface area contributed by atoms with E-state index in [2.05, 4.69) is 152 Å². The van der Waals surface area contributed by atoms with E-state index >= 15 is 0 Å². The van der Waals surface area contributed by atoms with Crippen molar-refractivity contribution < 1.29 is 15.6 Å². The van der Waals surface area contributed by atoms with Crippen LogP contribution in [0.5, 0.6) is 0 Å². The average Bonchev–Trinajstić information content (AvgIpc) is 3.80. The van der Waals surface area contributed by atoms with Gasteiger partial charge in [0.15, 0.2) is 0 Å². The number of unbranched alkanes of at least 4 members (excludes halogenated alkanes) is 6. The molecule has 0 heterocycles. The van der Waals surface area contributed by atoms with Gasteiger partial charge in [-0.05, 0) is 0 Å². The molecule has 4 aromatic carbocycles. The number of hydrogen-bond donors (Lipinski definition) is 0. The molecule has 4 heteroatoms. The van der Waals surface area contributed by atoms with E-state index < -0.39 is 21.5 Å². The van der Waals surface area contributed by atoms with Gasteiger partial charge in [0.2, 0.25) is 0 Å². The standard InChI is InChI=1S/2C25H31.C2H7Si.2ClH.Zr/c2*1-4-6-7-8-10-20-17-23-11-9-12-24(25(23)18-20)22-15-13-21(14-16-22)19(3)5-2;1-3-2;;;/h2*9,11-19H,4-8,10H2,1-3H3;3H,1-2H3;2*1H;/q;;;;;+2/p-2. The van der Waals surface area contributed by atoms with Gasteiger partial charge in [0.25, 0.3) is 0 Å². The molecule has 2 aliphatic carbocycles. The number of rotatable bonds is 19. The van der Waals surface area contributed by atoms with Crippen LogP contribution in [0.2, 0.25) is 13.1 Å². The Morgan fingerprint density at radius 2 is 0.929 bits per heavy atom. The number of benzene rings is 4. The zero-order chi connectivity index (χ0) is 40.1. The van der Waals surface area contributed by atoms with E-state index in [-0.39, 0.29) is 7.25 Å². The first-order valence-electron chi connectivity index (χ1n) is 22.4. The van der Waals surface area contributed by atoms with Crippen LogP contribution in [0.25, 0.3) is 34.4 Å². The van der Waals surface area contributed by atoms with Crippen LogP contribution in [0, 0.1) is 0 Å². The summed E-state index contributed by atoms with van der Waals surface area (Å²) in [5.41, 5.74) is 16.7. The molecule has 0 amide bonds. The van der Waals surface area contributed by atoms with E-state index in [1.165, 1.54) is 118 Å². The molecular formula is C52H69Cl2SiZr. The molecule has 0 saturated heterocycles. The van der Waals surface area contributed by atoms with Gasteiger partial charge in [-0.3, -0.25) is 0 Å². The molecule has 0 radical (unpaired) electrons. The minimum atomic E-state index is -4.93. The molecule has 56 heavy (non-hydrogen) atoms. The van der Waals surface area contributed by atoms with Crippen LogP contribution in [0.15, 0.2) is 96.1 Å². The summed E-state index contributed by atoms with van der Waals surface area (Å²) in [6.07, 6.45) is 19.5. The predicted octanol–water partition coefficient (Wildman–Crippen LogP) is 17.5. The second-order valence-electron chi connectivity index (χ2n) is 17.8. The fraction of sp³-hybridized carbons (Fsp3) is 0.462. The second kappa shape index (κ2) is 19.0. The minimum absolute atomic E-state index is 0.121. The van der Waals surface area contributed by atoms with E-state index in [4.69, 9.17) is 17.0 Å². The van der Waals surface area contributed by atoms with Gasteiger partial charge < -0.3 is 0 Å².